The van der Waals surface area contributed by atoms with Gasteiger partial charge < -0.3 is 13.6 Å². The summed E-state index contributed by atoms with van der Waals surface area (Å²) in [5.74, 6) is 2.50. The molecule has 0 N–H and O–H groups in total. The molecule has 0 bridgehead atoms. The molecule has 2 fully saturated rings. The fraction of sp³-hybridized carbons (Fsp3) is 0.808. The van der Waals surface area contributed by atoms with E-state index >= 15 is 0 Å². The summed E-state index contributed by atoms with van der Waals surface area (Å²) in [7, 11) is 0.408. The number of hydrogen-bond acceptors (Lipinski definition) is 4. The zero-order valence-electron chi connectivity index (χ0n) is 21.7. The fourth-order valence-corrected chi connectivity index (χ4v) is 8.80. The van der Waals surface area contributed by atoms with Gasteiger partial charge >= 0.3 is 5.97 Å². The second-order valence-corrected chi connectivity index (χ2v) is 12.6. The van der Waals surface area contributed by atoms with E-state index in [4.69, 9.17) is 8.85 Å². The van der Waals surface area contributed by atoms with E-state index in [2.05, 4.69) is 51.6 Å². The number of carbonyl (C=O) groups excluding carboxylic acids is 1. The lowest BCUT2D eigenvalue weighted by Gasteiger charge is -2.59. The predicted octanol–water partition coefficient (Wildman–Crippen LogP) is 5.17. The molecule has 0 unspecified atom stereocenters. The summed E-state index contributed by atoms with van der Waals surface area (Å²) in [4.78, 5) is 11.2. The molecule has 2 aliphatic carbocycles. The van der Waals surface area contributed by atoms with E-state index in [1.807, 2.05) is 6.08 Å². The van der Waals surface area contributed by atoms with Gasteiger partial charge in [-0.05, 0) is 61.2 Å². The van der Waals surface area contributed by atoms with Crippen molar-refractivity contribution in [2.24, 2.45) is 34.5 Å². The molecule has 0 aromatic rings. The van der Waals surface area contributed by atoms with Crippen LogP contribution in [0.1, 0.15) is 72.6 Å². The lowest BCUT2D eigenvalue weighted by molar-refractivity contribution is -0.158. The van der Waals surface area contributed by atoms with Crippen LogP contribution in [-0.4, -0.2) is 38.9 Å². The summed E-state index contributed by atoms with van der Waals surface area (Å²) in [5, 5.41) is 0. The summed E-state index contributed by atoms with van der Waals surface area (Å²) >= 11 is 0. The maximum atomic E-state index is 11.2. The number of esters is 1. The molecular weight excluding hydrogens is 432 g/mol. The van der Waals surface area contributed by atoms with E-state index in [-0.39, 0.29) is 17.7 Å². The molecule has 0 spiro atoms. The van der Waals surface area contributed by atoms with Crippen molar-refractivity contribution in [1.29, 1.82) is 0 Å². The van der Waals surface area contributed by atoms with E-state index in [1.165, 1.54) is 51.7 Å². The third-order valence-electron chi connectivity index (χ3n) is 8.52. The van der Waals surface area contributed by atoms with Crippen LogP contribution in [0.25, 0.3) is 0 Å². The van der Waals surface area contributed by atoms with Crippen molar-refractivity contribution in [2.75, 3.05) is 7.11 Å². The predicted molar refractivity (Wildman–Crippen MR) is 139 cm³/mol. The fourth-order valence-electron chi connectivity index (χ4n) is 6.95. The van der Waals surface area contributed by atoms with Gasteiger partial charge in [-0.25, -0.2) is 4.79 Å². The van der Waals surface area contributed by atoms with E-state index in [0.29, 0.717) is 17.3 Å². The molecule has 0 aromatic heterocycles. The molecule has 0 aliphatic heterocycles. The molecule has 32 heavy (non-hydrogen) atoms. The van der Waals surface area contributed by atoms with Gasteiger partial charge in [0.05, 0.1) is 7.11 Å². The van der Waals surface area contributed by atoms with Crippen LogP contribution in [0.3, 0.4) is 0 Å². The Kier molecular flexibility index (Phi) is 10.9. The van der Waals surface area contributed by atoms with E-state index in [0.717, 1.165) is 18.3 Å². The molecule has 2 rings (SSSR count). The topological polar surface area (TPSA) is 44.8 Å². The van der Waals surface area contributed by atoms with Gasteiger partial charge in [-0.15, -0.1) is 0 Å². The normalized spacial score (nSPS) is 31.7. The highest BCUT2D eigenvalue weighted by molar-refractivity contribution is 6.26. The zero-order chi connectivity index (χ0) is 23.8. The summed E-state index contributed by atoms with van der Waals surface area (Å²) in [6.45, 7) is 14.3. The van der Waals surface area contributed by atoms with Crippen LogP contribution >= 0.6 is 0 Å². The van der Waals surface area contributed by atoms with Crippen LogP contribution in [0.15, 0.2) is 24.3 Å². The first-order chi connectivity index (χ1) is 15.2. The summed E-state index contributed by atoms with van der Waals surface area (Å²) in [6, 6.07) is 0. The van der Waals surface area contributed by atoms with Crippen molar-refractivity contribution in [1.82, 2.24) is 0 Å². The van der Waals surface area contributed by atoms with Crippen molar-refractivity contribution in [2.45, 2.75) is 92.0 Å². The average molecular weight is 481 g/mol. The third-order valence-corrected chi connectivity index (χ3v) is 9.79. The molecule has 184 valence electrons. The van der Waals surface area contributed by atoms with Gasteiger partial charge in [0.25, 0.3) is 0 Å². The van der Waals surface area contributed by atoms with Gasteiger partial charge in [-0.3, -0.25) is 0 Å². The molecule has 0 radical (unpaired) electrons. The average Bonchev–Trinajstić information content (AvgIpc) is 2.76. The zero-order valence-corrected chi connectivity index (χ0v) is 24.5. The van der Waals surface area contributed by atoms with Crippen LogP contribution in [0.4, 0.5) is 0 Å². The van der Waals surface area contributed by atoms with E-state index in [9.17, 15) is 4.79 Å². The first-order valence-electron chi connectivity index (χ1n) is 12.9. The van der Waals surface area contributed by atoms with Crippen molar-refractivity contribution in [3.05, 3.63) is 24.3 Å². The maximum Gasteiger partial charge on any atom is 0.330 e. The monoisotopic (exact) mass is 480 g/mol. The Morgan fingerprint density at radius 3 is 2.44 bits per heavy atom. The largest absolute Gasteiger partial charge is 0.466 e. The van der Waals surface area contributed by atoms with Gasteiger partial charge in [0.1, 0.15) is 6.29 Å². The van der Waals surface area contributed by atoms with Crippen molar-refractivity contribution in [3.8, 4) is 0 Å². The van der Waals surface area contributed by atoms with Crippen molar-refractivity contribution in [3.63, 3.8) is 0 Å². The molecular formula is C26H48O4Si2. The lowest BCUT2D eigenvalue weighted by Crippen LogP contribution is -2.53. The molecule has 2 aliphatic rings. The van der Waals surface area contributed by atoms with Crippen molar-refractivity contribution >= 4 is 25.5 Å². The van der Waals surface area contributed by atoms with Gasteiger partial charge in [0.2, 0.25) is 0 Å². The number of hydrogen-bond donors (Lipinski definition) is 0. The minimum absolute atomic E-state index is 0.00878. The van der Waals surface area contributed by atoms with E-state index < -0.39 is 19.5 Å². The van der Waals surface area contributed by atoms with E-state index in [1.54, 1.807) is 6.08 Å². The number of methoxy groups -OCH3 is 1. The van der Waals surface area contributed by atoms with Gasteiger partial charge in [0, 0.05) is 11.5 Å². The molecule has 0 saturated heterocycles. The van der Waals surface area contributed by atoms with Crippen molar-refractivity contribution < 1.29 is 18.4 Å². The smallest absolute Gasteiger partial charge is 0.330 e. The molecule has 5 atom stereocenters. The Morgan fingerprint density at radius 1 is 1.12 bits per heavy atom. The van der Waals surface area contributed by atoms with Crippen LogP contribution in [-0.2, 0) is 18.4 Å². The number of allylic oxidation sites excluding steroid dienone is 3. The number of fused-ring (bicyclic) bond motifs is 1. The Hall–Kier alpha value is -0.696. The minimum atomic E-state index is -0.501. The molecule has 4 nitrogen and oxygen atoms in total. The molecule has 0 amide bonds. The Morgan fingerprint density at radius 2 is 1.81 bits per heavy atom. The lowest BCUT2D eigenvalue weighted by atomic mass is 9.47. The maximum absolute atomic E-state index is 11.2. The van der Waals surface area contributed by atoms with Crippen LogP contribution in [0.2, 0.25) is 13.1 Å². The van der Waals surface area contributed by atoms with Crippen LogP contribution < -0.4 is 0 Å². The highest BCUT2D eigenvalue weighted by atomic mass is 28.2. The number of carbonyl (C=O) groups is 1. The Bertz CT molecular complexity index is 642. The van der Waals surface area contributed by atoms with Gasteiger partial charge in [-0.2, -0.15) is 0 Å². The Labute approximate surface area is 201 Å². The Balaban J connectivity index is 2.16. The van der Waals surface area contributed by atoms with Gasteiger partial charge in [0.15, 0.2) is 19.5 Å². The summed E-state index contributed by atoms with van der Waals surface area (Å²) in [6.07, 6.45) is 16.5. The first-order valence-corrected chi connectivity index (χ1v) is 16.8. The second kappa shape index (κ2) is 12.7. The summed E-state index contributed by atoms with van der Waals surface area (Å²) in [5.41, 5.74) is 0.466. The quantitative estimate of drug-likeness (QED) is 0.135. The highest BCUT2D eigenvalue weighted by Gasteiger charge is 2.54. The molecule has 0 aromatic carbocycles. The standard InChI is InChI=1S/C26H48O4Si2/c1-19(13-9-8-10-17-23(27)28-5)20-14-11-15-22-21(16-12-18-26(20,22)4)25(2,3)24(29-31-6)30-32-7/h8-10,17,19-22,24H,11-16,18,31-32H2,1-7H3/b9-8+,17-10+/t19-,20-,21+,22-,26+/m1/s1. The highest BCUT2D eigenvalue weighted by Crippen LogP contribution is 2.61. The molecule has 0 heterocycles. The van der Waals surface area contributed by atoms with Crippen LogP contribution in [0.5, 0.6) is 0 Å². The minimum Gasteiger partial charge on any atom is -0.466 e. The number of ether oxygens (including phenoxy) is 1. The first kappa shape index (κ1) is 27.5. The second-order valence-electron chi connectivity index (χ2n) is 10.7. The third kappa shape index (κ3) is 6.46. The molecule has 6 heteroatoms. The number of rotatable bonds is 11. The van der Waals surface area contributed by atoms with Crippen LogP contribution in [0, 0.1) is 34.5 Å². The van der Waals surface area contributed by atoms with Gasteiger partial charge in [-0.1, -0.05) is 71.9 Å². The summed E-state index contributed by atoms with van der Waals surface area (Å²) < 4.78 is 17.2. The SMILES string of the molecule is COC(=O)/C=C/C=C/C[C@@H](C)[C@H]1CCC[C@@H]2[C@@H](C(C)(C)C(O[SiH2]C)O[SiH2]C)CCC[C@@]12C. The molecule has 2 saturated carbocycles.